The van der Waals surface area contributed by atoms with E-state index in [-0.39, 0.29) is 29.1 Å². The molecule has 0 spiro atoms. The fourth-order valence-electron chi connectivity index (χ4n) is 6.01. The highest BCUT2D eigenvalue weighted by Gasteiger charge is 2.42. The van der Waals surface area contributed by atoms with Crippen LogP contribution in [0.15, 0.2) is 59.5 Å². The summed E-state index contributed by atoms with van der Waals surface area (Å²) in [5.74, 6) is -1.21. The lowest BCUT2D eigenvalue weighted by molar-refractivity contribution is -0.122. The highest BCUT2D eigenvalue weighted by Crippen LogP contribution is 2.40. The van der Waals surface area contributed by atoms with Gasteiger partial charge in [0, 0.05) is 31.1 Å². The van der Waals surface area contributed by atoms with Crippen LogP contribution >= 0.6 is 0 Å². The molecular weight excluding hydrogens is 681 g/mol. The van der Waals surface area contributed by atoms with Gasteiger partial charge in [-0.25, -0.2) is 27.1 Å². The molecule has 5 N–H and O–H groups in total. The molecule has 4 amide bonds. The number of halogens is 1. The molecule has 1 aliphatic carbocycles. The number of rotatable bonds is 1. The molecule has 0 unspecified atom stereocenters. The van der Waals surface area contributed by atoms with Crippen molar-refractivity contribution in [3.63, 3.8) is 0 Å². The van der Waals surface area contributed by atoms with E-state index in [1.54, 1.807) is 51.1 Å². The Bertz CT molecular complexity index is 1730. The van der Waals surface area contributed by atoms with Crippen LogP contribution in [0.4, 0.5) is 19.7 Å². The Hall–Kier alpha value is -4.66. The summed E-state index contributed by atoms with van der Waals surface area (Å²) in [6.45, 7) is 7.10. The quantitative estimate of drug-likeness (QED) is 0.280. The average molecular weight is 730 g/mol. The number of allylic oxidation sites excluding steroid dienone is 2. The van der Waals surface area contributed by atoms with Gasteiger partial charge in [0.15, 0.2) is 0 Å². The Kier molecular flexibility index (Phi) is 13.1. The number of primary amides is 1. The van der Waals surface area contributed by atoms with Crippen LogP contribution in [0.25, 0.3) is 0 Å². The van der Waals surface area contributed by atoms with Crippen LogP contribution in [0.2, 0.25) is 0 Å². The molecule has 4 aliphatic rings. The Balaban J connectivity index is 0.000000181. The molecule has 1 saturated heterocycles. The van der Waals surface area contributed by atoms with Gasteiger partial charge in [0.1, 0.15) is 22.4 Å². The number of nitrogens with one attached hydrogen (secondary N) is 2. The largest absolute Gasteiger partial charge is 0.465 e. The fraction of sp³-hybridized carbons (Fsp3) is 0.500. The molecule has 13 nitrogen and oxygen atoms in total. The van der Waals surface area contributed by atoms with Gasteiger partial charge in [-0.2, -0.15) is 0 Å². The first-order chi connectivity index (χ1) is 24.1. The molecule has 278 valence electrons. The van der Waals surface area contributed by atoms with Gasteiger partial charge in [0.05, 0.1) is 12.2 Å². The molecule has 2 aromatic carbocycles. The molecule has 6 rings (SSSR count). The van der Waals surface area contributed by atoms with Gasteiger partial charge in [-0.15, -0.1) is 0 Å². The van der Waals surface area contributed by atoms with E-state index in [1.165, 1.54) is 21.9 Å². The molecule has 0 bridgehead atoms. The van der Waals surface area contributed by atoms with E-state index in [0.29, 0.717) is 30.8 Å². The van der Waals surface area contributed by atoms with Gasteiger partial charge in [0.2, 0.25) is 11.8 Å². The number of nitrogens with zero attached hydrogens (tertiary/aromatic N) is 2. The normalized spacial score (nSPS) is 23.0. The summed E-state index contributed by atoms with van der Waals surface area (Å²) in [6, 6.07) is 10.9. The maximum absolute atomic E-state index is 13.1. The second kappa shape index (κ2) is 17.0. The Morgan fingerprint density at radius 1 is 1.02 bits per heavy atom. The third-order valence-corrected chi connectivity index (χ3v) is 10.1. The lowest BCUT2D eigenvalue weighted by Gasteiger charge is -2.27. The van der Waals surface area contributed by atoms with Gasteiger partial charge in [-0.05, 0) is 89.0 Å². The first kappa shape index (κ1) is 39.1. The molecular formula is C36H48FN5O8S. The number of benzene rings is 2. The summed E-state index contributed by atoms with van der Waals surface area (Å²) in [7, 11) is -3.84. The van der Waals surface area contributed by atoms with Crippen LogP contribution in [-0.4, -0.2) is 72.1 Å². The minimum Gasteiger partial charge on any atom is -0.465 e. The first-order valence-corrected chi connectivity index (χ1v) is 18.6. The van der Waals surface area contributed by atoms with E-state index in [4.69, 9.17) is 15.6 Å². The summed E-state index contributed by atoms with van der Waals surface area (Å²) >= 11 is 0. The molecule has 0 aromatic heterocycles. The van der Waals surface area contributed by atoms with Crippen molar-refractivity contribution >= 4 is 39.7 Å². The van der Waals surface area contributed by atoms with Crippen LogP contribution in [0.5, 0.6) is 0 Å². The molecule has 1 saturated carbocycles. The van der Waals surface area contributed by atoms with Crippen LogP contribution in [-0.2, 0) is 37.4 Å². The number of carbonyl (C=O) groups is 4. The summed E-state index contributed by atoms with van der Waals surface area (Å²) < 4.78 is 45.6. The maximum atomic E-state index is 13.1. The van der Waals surface area contributed by atoms with Crippen molar-refractivity contribution in [3.8, 4) is 0 Å². The van der Waals surface area contributed by atoms with Crippen molar-refractivity contribution < 1.29 is 41.8 Å². The summed E-state index contributed by atoms with van der Waals surface area (Å²) in [6.07, 6.45) is 9.09. The average Bonchev–Trinajstić information content (AvgIpc) is 3.42. The van der Waals surface area contributed by atoms with E-state index in [0.717, 1.165) is 50.6 Å². The standard InChI is InChI=1S/C17H22N2O3S.C10H18N2O3.C9H8FNO2/c20-17-14-12-13(14)8-4-2-1-3-7-11-18-15-9-5-6-10-16(15)23(21,22)19-17;1-10(2,3)15-9(14)12-6-4-5-7(12)8(11)13;10-8-3-1-2-6-4-11(9(12)13)5-7(6)8/h4-6,8-10,13-14,18H,1-3,7,11-12H2,(H,19,20);7H,4-6H2,1-3H3,(H2,11,13);1-3H,4-5H2,(H,12,13)/b8-4-;;/t13-,14+;7-;/m10./s1. The second-order valence-electron chi connectivity index (χ2n) is 13.9. The van der Waals surface area contributed by atoms with Gasteiger partial charge >= 0.3 is 12.2 Å². The summed E-state index contributed by atoms with van der Waals surface area (Å²) in [5, 5.41) is 11.9. The Morgan fingerprint density at radius 2 is 1.76 bits per heavy atom. The Morgan fingerprint density at radius 3 is 2.45 bits per heavy atom. The Labute approximate surface area is 298 Å². The van der Waals surface area contributed by atoms with Crippen molar-refractivity contribution in [1.29, 1.82) is 0 Å². The zero-order valence-corrected chi connectivity index (χ0v) is 30.1. The second-order valence-corrected chi connectivity index (χ2v) is 15.6. The predicted octanol–water partition coefficient (Wildman–Crippen LogP) is 5.36. The molecule has 15 heteroatoms. The molecule has 51 heavy (non-hydrogen) atoms. The van der Waals surface area contributed by atoms with Crippen molar-refractivity contribution in [1.82, 2.24) is 14.5 Å². The highest BCUT2D eigenvalue weighted by atomic mass is 32.2. The molecule has 0 radical (unpaired) electrons. The van der Waals surface area contributed by atoms with Crippen LogP contribution < -0.4 is 15.8 Å². The number of nitrogens with two attached hydrogens (primary N) is 1. The first-order valence-electron chi connectivity index (χ1n) is 17.2. The summed E-state index contributed by atoms with van der Waals surface area (Å²) in [5.41, 5.74) is 6.48. The number of ether oxygens (including phenoxy) is 1. The fourth-order valence-corrected chi connectivity index (χ4v) is 7.23. The monoisotopic (exact) mass is 729 g/mol. The number of hydrogen-bond acceptors (Lipinski definition) is 8. The molecule has 3 atom stereocenters. The third-order valence-electron chi connectivity index (χ3n) is 8.74. The lowest BCUT2D eigenvalue weighted by Crippen LogP contribution is -2.45. The third kappa shape index (κ3) is 11.2. The minimum absolute atomic E-state index is 0.135. The van der Waals surface area contributed by atoms with E-state index in [9.17, 15) is 32.0 Å². The van der Waals surface area contributed by atoms with Crippen molar-refractivity contribution in [2.75, 3.05) is 18.4 Å². The number of amides is 4. The SMILES string of the molecule is CC(C)(C)OC(=O)N1CCC[C@H]1C(N)=O.O=C(O)N1Cc2cccc(F)c2C1.O=C1NS(=O)(=O)c2ccccc2NCCCCC/C=C\[C@@H]2C[C@H]12. The van der Waals surface area contributed by atoms with Crippen LogP contribution in [0, 0.1) is 17.7 Å². The van der Waals surface area contributed by atoms with E-state index in [1.807, 2.05) is 0 Å². The number of carboxylic acid groups (broad SMARTS) is 1. The maximum Gasteiger partial charge on any atom is 0.410 e. The number of para-hydroxylation sites is 1. The van der Waals surface area contributed by atoms with Gasteiger partial charge in [-0.3, -0.25) is 19.4 Å². The molecule has 2 aromatic rings. The lowest BCUT2D eigenvalue weighted by atomic mass is 10.1. The van der Waals surface area contributed by atoms with Crippen molar-refractivity contribution in [3.05, 3.63) is 71.6 Å². The molecule has 2 fully saturated rings. The molecule has 3 aliphatic heterocycles. The van der Waals surface area contributed by atoms with E-state index in [2.05, 4.69) is 22.2 Å². The van der Waals surface area contributed by atoms with Crippen molar-refractivity contribution in [2.24, 2.45) is 17.6 Å². The number of hydrogen-bond donors (Lipinski definition) is 4. The topological polar surface area (TPSA) is 188 Å². The van der Waals surface area contributed by atoms with E-state index < -0.39 is 45.7 Å². The van der Waals surface area contributed by atoms with Gasteiger partial charge in [0.25, 0.3) is 10.0 Å². The molecule has 3 heterocycles. The van der Waals surface area contributed by atoms with E-state index >= 15 is 0 Å². The van der Waals surface area contributed by atoms with Crippen LogP contribution in [0.3, 0.4) is 0 Å². The number of anilines is 1. The van der Waals surface area contributed by atoms with Crippen molar-refractivity contribution in [2.45, 2.75) is 95.3 Å². The zero-order chi connectivity index (χ0) is 37.3. The summed E-state index contributed by atoms with van der Waals surface area (Å²) in [4.78, 5) is 48.2. The number of likely N-dealkylation sites (tertiary alicyclic amines) is 1. The van der Waals surface area contributed by atoms with Gasteiger partial charge in [-0.1, -0.05) is 42.8 Å². The van der Waals surface area contributed by atoms with Gasteiger partial charge < -0.3 is 20.9 Å². The highest BCUT2D eigenvalue weighted by molar-refractivity contribution is 7.90. The zero-order valence-electron chi connectivity index (χ0n) is 29.3. The minimum atomic E-state index is -3.84. The number of sulfonamides is 1. The number of carbonyl (C=O) groups excluding carboxylic acids is 3. The number of fused-ring (bicyclic) bond motifs is 3. The smallest absolute Gasteiger partial charge is 0.410 e. The predicted molar refractivity (Wildman–Crippen MR) is 188 cm³/mol. The van der Waals surface area contributed by atoms with Crippen LogP contribution in [0.1, 0.15) is 76.8 Å².